The maximum Gasteiger partial charge on any atom is 0.131 e. The van der Waals surface area contributed by atoms with Crippen molar-refractivity contribution in [1.82, 2.24) is 5.43 Å². The number of thiophene rings is 1. The topological polar surface area (TPSA) is 38.0 Å². The highest BCUT2D eigenvalue weighted by molar-refractivity contribution is 7.12. The SMILES string of the molecule is CCc1ccc(C(NN)c2ccc(F)cc2F)s1. The predicted octanol–water partition coefficient (Wildman–Crippen LogP) is 3.14. The van der Waals surface area contributed by atoms with Crippen LogP contribution in [0, 0.1) is 11.6 Å². The summed E-state index contributed by atoms with van der Waals surface area (Å²) in [5.74, 6) is 4.31. The minimum atomic E-state index is -0.593. The zero-order valence-corrected chi connectivity index (χ0v) is 10.7. The van der Waals surface area contributed by atoms with Crippen molar-refractivity contribution in [2.45, 2.75) is 19.4 Å². The van der Waals surface area contributed by atoms with Crippen molar-refractivity contribution in [3.8, 4) is 0 Å². The Labute approximate surface area is 108 Å². The molecule has 0 saturated heterocycles. The Kier molecular flexibility index (Phi) is 4.06. The fraction of sp³-hybridized carbons (Fsp3) is 0.231. The number of hydrogen-bond acceptors (Lipinski definition) is 3. The molecular formula is C13H14F2N2S. The molecule has 3 N–H and O–H groups in total. The minimum absolute atomic E-state index is 0.350. The first kappa shape index (κ1) is 13.1. The molecule has 0 aliphatic heterocycles. The standard InChI is InChI=1S/C13H14F2N2S/c1-2-9-4-6-12(18-9)13(17-16)10-5-3-8(14)7-11(10)15/h3-7,13,17H,2,16H2,1H3. The van der Waals surface area contributed by atoms with Gasteiger partial charge >= 0.3 is 0 Å². The zero-order chi connectivity index (χ0) is 13.1. The van der Waals surface area contributed by atoms with Crippen LogP contribution in [0.1, 0.15) is 28.3 Å². The van der Waals surface area contributed by atoms with E-state index < -0.39 is 17.7 Å². The van der Waals surface area contributed by atoms with E-state index in [9.17, 15) is 8.78 Å². The van der Waals surface area contributed by atoms with Gasteiger partial charge < -0.3 is 0 Å². The molecule has 5 heteroatoms. The molecule has 0 bridgehead atoms. The van der Waals surface area contributed by atoms with Gasteiger partial charge in [-0.25, -0.2) is 14.2 Å². The second-order valence-electron chi connectivity index (χ2n) is 3.92. The number of hydrazine groups is 1. The summed E-state index contributed by atoms with van der Waals surface area (Å²) in [6.07, 6.45) is 0.924. The summed E-state index contributed by atoms with van der Waals surface area (Å²) in [7, 11) is 0. The Morgan fingerprint density at radius 3 is 2.61 bits per heavy atom. The Balaban J connectivity index is 2.38. The first-order valence-corrected chi connectivity index (χ1v) is 6.47. The molecule has 0 aliphatic rings. The molecule has 0 saturated carbocycles. The third kappa shape index (κ3) is 2.58. The van der Waals surface area contributed by atoms with E-state index in [0.29, 0.717) is 5.56 Å². The molecule has 0 fully saturated rings. The maximum atomic E-state index is 13.7. The highest BCUT2D eigenvalue weighted by Gasteiger charge is 2.18. The highest BCUT2D eigenvalue weighted by Crippen LogP contribution is 2.29. The fourth-order valence-electron chi connectivity index (χ4n) is 1.80. The number of benzene rings is 1. The molecule has 1 aromatic heterocycles. The average molecular weight is 268 g/mol. The summed E-state index contributed by atoms with van der Waals surface area (Å²) in [6.45, 7) is 2.05. The van der Waals surface area contributed by atoms with Gasteiger partial charge in [0.15, 0.2) is 0 Å². The zero-order valence-electron chi connectivity index (χ0n) is 9.91. The van der Waals surface area contributed by atoms with Gasteiger partial charge in [-0.15, -0.1) is 11.3 Å². The van der Waals surface area contributed by atoms with Crippen molar-refractivity contribution in [3.63, 3.8) is 0 Å². The molecule has 1 heterocycles. The molecule has 1 aromatic carbocycles. The molecule has 2 nitrogen and oxygen atoms in total. The van der Waals surface area contributed by atoms with Crippen molar-refractivity contribution < 1.29 is 8.78 Å². The van der Waals surface area contributed by atoms with Gasteiger partial charge in [-0.3, -0.25) is 5.84 Å². The number of hydrogen-bond donors (Lipinski definition) is 2. The smallest absolute Gasteiger partial charge is 0.131 e. The number of nitrogens with two attached hydrogens (primary N) is 1. The third-order valence-corrected chi connectivity index (χ3v) is 4.05. The minimum Gasteiger partial charge on any atom is -0.271 e. The van der Waals surface area contributed by atoms with Crippen LogP contribution in [0.2, 0.25) is 0 Å². The van der Waals surface area contributed by atoms with Crippen molar-refractivity contribution in [3.05, 3.63) is 57.3 Å². The third-order valence-electron chi connectivity index (χ3n) is 2.76. The molecular weight excluding hydrogens is 254 g/mol. The lowest BCUT2D eigenvalue weighted by atomic mass is 10.1. The fourth-order valence-corrected chi connectivity index (χ4v) is 2.83. The van der Waals surface area contributed by atoms with Gasteiger partial charge in [0, 0.05) is 21.4 Å². The first-order valence-electron chi connectivity index (χ1n) is 5.65. The van der Waals surface area contributed by atoms with Crippen molar-refractivity contribution in [2.75, 3.05) is 0 Å². The van der Waals surface area contributed by atoms with Crippen LogP contribution >= 0.6 is 11.3 Å². The molecule has 1 unspecified atom stereocenters. The Morgan fingerprint density at radius 1 is 1.28 bits per heavy atom. The van der Waals surface area contributed by atoms with Crippen molar-refractivity contribution in [2.24, 2.45) is 5.84 Å². The second kappa shape index (κ2) is 5.56. The van der Waals surface area contributed by atoms with Gasteiger partial charge in [-0.05, 0) is 24.6 Å². The second-order valence-corrected chi connectivity index (χ2v) is 5.12. The van der Waals surface area contributed by atoms with E-state index in [1.165, 1.54) is 17.0 Å². The van der Waals surface area contributed by atoms with E-state index in [2.05, 4.69) is 12.3 Å². The number of nitrogens with one attached hydrogen (secondary N) is 1. The van der Waals surface area contributed by atoms with Gasteiger partial charge in [-0.1, -0.05) is 13.0 Å². The Bertz CT molecular complexity index is 540. The summed E-state index contributed by atoms with van der Waals surface area (Å²) >= 11 is 1.57. The Hall–Kier alpha value is -1.30. The predicted molar refractivity (Wildman–Crippen MR) is 69.2 cm³/mol. The summed E-state index contributed by atoms with van der Waals surface area (Å²) in [5.41, 5.74) is 2.93. The van der Waals surface area contributed by atoms with Gasteiger partial charge in [0.25, 0.3) is 0 Å². The molecule has 0 aliphatic carbocycles. The molecule has 2 aromatic rings. The van der Waals surface area contributed by atoms with E-state index in [0.717, 1.165) is 17.4 Å². The molecule has 96 valence electrons. The van der Waals surface area contributed by atoms with Crippen LogP contribution in [0.5, 0.6) is 0 Å². The van der Waals surface area contributed by atoms with Gasteiger partial charge in [-0.2, -0.15) is 0 Å². The summed E-state index contributed by atoms with van der Waals surface area (Å²) in [5, 5.41) is 0. The largest absolute Gasteiger partial charge is 0.271 e. The summed E-state index contributed by atoms with van der Waals surface area (Å²) < 4.78 is 26.6. The number of halogens is 2. The van der Waals surface area contributed by atoms with Crippen LogP contribution in [-0.4, -0.2) is 0 Å². The lowest BCUT2D eigenvalue weighted by Crippen LogP contribution is -2.28. The van der Waals surface area contributed by atoms with Crippen molar-refractivity contribution in [1.29, 1.82) is 0 Å². The lowest BCUT2D eigenvalue weighted by molar-refractivity contribution is 0.544. The summed E-state index contributed by atoms with van der Waals surface area (Å²) in [4.78, 5) is 2.12. The van der Waals surface area contributed by atoms with E-state index in [1.54, 1.807) is 11.3 Å². The number of rotatable bonds is 4. The highest BCUT2D eigenvalue weighted by atomic mass is 32.1. The molecule has 0 amide bonds. The van der Waals surface area contributed by atoms with Crippen molar-refractivity contribution >= 4 is 11.3 Å². The van der Waals surface area contributed by atoms with Crippen LogP contribution < -0.4 is 11.3 Å². The lowest BCUT2D eigenvalue weighted by Gasteiger charge is -2.15. The molecule has 1 atom stereocenters. The monoisotopic (exact) mass is 268 g/mol. The van der Waals surface area contributed by atoms with Crippen LogP contribution in [0.25, 0.3) is 0 Å². The van der Waals surface area contributed by atoms with Crippen LogP contribution in [-0.2, 0) is 6.42 Å². The van der Waals surface area contributed by atoms with E-state index in [-0.39, 0.29) is 0 Å². The number of aryl methyl sites for hydroxylation is 1. The first-order chi connectivity index (χ1) is 8.65. The molecule has 0 radical (unpaired) electrons. The molecule has 0 spiro atoms. The maximum absolute atomic E-state index is 13.7. The molecule has 2 rings (SSSR count). The van der Waals surface area contributed by atoms with Gasteiger partial charge in [0.1, 0.15) is 11.6 Å². The van der Waals surface area contributed by atoms with E-state index >= 15 is 0 Å². The van der Waals surface area contributed by atoms with E-state index in [1.807, 2.05) is 12.1 Å². The van der Waals surface area contributed by atoms with Crippen LogP contribution in [0.4, 0.5) is 8.78 Å². The normalized spacial score (nSPS) is 12.7. The van der Waals surface area contributed by atoms with Crippen LogP contribution in [0.3, 0.4) is 0 Å². The summed E-state index contributed by atoms with van der Waals surface area (Å²) in [6, 6.07) is 6.98. The van der Waals surface area contributed by atoms with Gasteiger partial charge in [0.05, 0.1) is 6.04 Å². The quantitative estimate of drug-likeness (QED) is 0.660. The van der Waals surface area contributed by atoms with E-state index in [4.69, 9.17) is 5.84 Å². The van der Waals surface area contributed by atoms with Crippen LogP contribution in [0.15, 0.2) is 30.3 Å². The van der Waals surface area contributed by atoms with Gasteiger partial charge in [0.2, 0.25) is 0 Å². The average Bonchev–Trinajstić information content (AvgIpc) is 2.81. The molecule has 18 heavy (non-hydrogen) atoms. The Morgan fingerprint density at radius 2 is 2.06 bits per heavy atom.